The van der Waals surface area contributed by atoms with Gasteiger partial charge in [0.2, 0.25) is 0 Å². The molecule has 0 atom stereocenters. The summed E-state index contributed by atoms with van der Waals surface area (Å²) in [5, 5.41) is 3.28. The number of aliphatic imine (C=N–C) groups is 1. The summed E-state index contributed by atoms with van der Waals surface area (Å²) < 4.78 is 0. The van der Waals surface area contributed by atoms with Crippen LogP contribution in [0.15, 0.2) is 41.5 Å². The number of aromatic nitrogens is 1. The van der Waals surface area contributed by atoms with Crippen LogP contribution in [0, 0.1) is 0 Å². The fourth-order valence-corrected chi connectivity index (χ4v) is 3.06. The summed E-state index contributed by atoms with van der Waals surface area (Å²) in [5.41, 5.74) is 11.1. The summed E-state index contributed by atoms with van der Waals surface area (Å²) in [4.78, 5) is 10.8. The van der Waals surface area contributed by atoms with E-state index in [9.17, 15) is 0 Å². The number of anilines is 2. The summed E-state index contributed by atoms with van der Waals surface area (Å²) in [7, 11) is 3.95. The van der Waals surface area contributed by atoms with Crippen molar-refractivity contribution in [3.63, 3.8) is 0 Å². The molecule has 1 aromatic carbocycles. The molecule has 3 rings (SSSR count). The molecular formula is C19H25N5. The van der Waals surface area contributed by atoms with E-state index in [1.165, 1.54) is 24.0 Å². The standard InChI is InChI=1S/C19H25N5/c1-24(2)18-12-14(10-11-21-18)13-22-19(20)23-17-9-5-7-15-6-3-4-8-16(15)17/h5,7,9-12H,3-4,6,8,13H2,1-2H3,(H3,20,22,23). The van der Waals surface area contributed by atoms with E-state index in [0.717, 1.165) is 29.9 Å². The summed E-state index contributed by atoms with van der Waals surface area (Å²) >= 11 is 0. The average Bonchev–Trinajstić information content (AvgIpc) is 2.60. The number of guanidine groups is 1. The van der Waals surface area contributed by atoms with Gasteiger partial charge < -0.3 is 16.0 Å². The minimum atomic E-state index is 0.456. The number of benzene rings is 1. The van der Waals surface area contributed by atoms with Crippen molar-refractivity contribution in [2.75, 3.05) is 24.3 Å². The Morgan fingerprint density at radius 1 is 1.25 bits per heavy atom. The number of hydrogen-bond donors (Lipinski definition) is 2. The molecule has 5 heteroatoms. The van der Waals surface area contributed by atoms with E-state index in [-0.39, 0.29) is 0 Å². The number of nitrogens with two attached hydrogens (primary N) is 1. The number of nitrogens with zero attached hydrogens (tertiary/aromatic N) is 3. The molecule has 5 nitrogen and oxygen atoms in total. The maximum absolute atomic E-state index is 6.10. The van der Waals surface area contributed by atoms with Gasteiger partial charge in [-0.1, -0.05) is 12.1 Å². The van der Waals surface area contributed by atoms with Gasteiger partial charge in [-0.05, 0) is 60.6 Å². The van der Waals surface area contributed by atoms with Crippen molar-refractivity contribution in [2.45, 2.75) is 32.2 Å². The molecule has 1 aliphatic carbocycles. The number of fused-ring (bicyclic) bond motifs is 1. The van der Waals surface area contributed by atoms with Crippen molar-refractivity contribution in [1.29, 1.82) is 0 Å². The summed E-state index contributed by atoms with van der Waals surface area (Å²) in [5.74, 6) is 1.38. The first kappa shape index (κ1) is 16.3. The van der Waals surface area contributed by atoms with Crippen LogP contribution < -0.4 is 16.0 Å². The second-order valence-electron chi connectivity index (χ2n) is 6.39. The normalized spacial score (nSPS) is 14.2. The lowest BCUT2D eigenvalue weighted by atomic mass is 9.90. The Morgan fingerprint density at radius 3 is 2.92 bits per heavy atom. The van der Waals surface area contributed by atoms with Crippen LogP contribution in [0.2, 0.25) is 0 Å². The first-order chi connectivity index (χ1) is 11.6. The van der Waals surface area contributed by atoms with Crippen molar-refractivity contribution in [3.8, 4) is 0 Å². The molecule has 0 amide bonds. The van der Waals surface area contributed by atoms with Crippen LogP contribution in [-0.4, -0.2) is 25.0 Å². The van der Waals surface area contributed by atoms with Crippen molar-refractivity contribution in [2.24, 2.45) is 10.7 Å². The molecule has 2 aromatic rings. The zero-order chi connectivity index (χ0) is 16.9. The summed E-state index contributed by atoms with van der Waals surface area (Å²) in [6.07, 6.45) is 6.59. The second kappa shape index (κ2) is 7.34. The molecule has 0 saturated carbocycles. The fraction of sp³-hybridized carbons (Fsp3) is 0.368. The first-order valence-corrected chi connectivity index (χ1v) is 8.43. The van der Waals surface area contributed by atoms with E-state index in [4.69, 9.17) is 5.73 Å². The highest BCUT2D eigenvalue weighted by Crippen LogP contribution is 2.27. The Morgan fingerprint density at radius 2 is 2.08 bits per heavy atom. The van der Waals surface area contributed by atoms with Gasteiger partial charge in [-0.3, -0.25) is 0 Å². The lowest BCUT2D eigenvalue weighted by molar-refractivity contribution is 0.687. The number of hydrogen-bond acceptors (Lipinski definition) is 3. The van der Waals surface area contributed by atoms with Gasteiger partial charge in [0.05, 0.1) is 6.54 Å². The topological polar surface area (TPSA) is 66.5 Å². The number of pyridine rings is 1. The highest BCUT2D eigenvalue weighted by molar-refractivity contribution is 5.93. The van der Waals surface area contributed by atoms with Crippen LogP contribution in [0.25, 0.3) is 0 Å². The smallest absolute Gasteiger partial charge is 0.193 e. The molecule has 3 N–H and O–H groups in total. The Hall–Kier alpha value is -2.56. The summed E-state index contributed by atoms with van der Waals surface area (Å²) in [6, 6.07) is 10.4. The summed E-state index contributed by atoms with van der Waals surface area (Å²) in [6.45, 7) is 0.539. The third kappa shape index (κ3) is 3.85. The molecule has 0 spiro atoms. The third-order valence-corrected chi connectivity index (χ3v) is 4.36. The van der Waals surface area contributed by atoms with Gasteiger partial charge in [-0.2, -0.15) is 0 Å². The molecule has 1 heterocycles. The van der Waals surface area contributed by atoms with Crippen LogP contribution in [-0.2, 0) is 19.4 Å². The van der Waals surface area contributed by atoms with E-state index in [1.807, 2.05) is 31.1 Å². The highest BCUT2D eigenvalue weighted by atomic mass is 15.1. The van der Waals surface area contributed by atoms with E-state index in [2.05, 4.69) is 33.5 Å². The quantitative estimate of drug-likeness (QED) is 0.670. The van der Waals surface area contributed by atoms with E-state index >= 15 is 0 Å². The predicted octanol–water partition coefficient (Wildman–Crippen LogP) is 2.95. The van der Waals surface area contributed by atoms with Gasteiger partial charge in [0.1, 0.15) is 5.82 Å². The highest BCUT2D eigenvalue weighted by Gasteiger charge is 2.13. The lowest BCUT2D eigenvalue weighted by Gasteiger charge is -2.19. The molecule has 0 radical (unpaired) electrons. The molecular weight excluding hydrogens is 298 g/mol. The Labute approximate surface area is 143 Å². The molecule has 0 bridgehead atoms. The van der Waals surface area contributed by atoms with Crippen molar-refractivity contribution in [1.82, 2.24) is 4.98 Å². The minimum Gasteiger partial charge on any atom is -0.370 e. The van der Waals surface area contributed by atoms with Crippen molar-refractivity contribution in [3.05, 3.63) is 53.2 Å². The number of nitrogens with one attached hydrogen (secondary N) is 1. The van der Waals surface area contributed by atoms with Gasteiger partial charge in [0.15, 0.2) is 5.96 Å². The number of aryl methyl sites for hydroxylation is 1. The van der Waals surface area contributed by atoms with Crippen LogP contribution in [0.3, 0.4) is 0 Å². The zero-order valence-corrected chi connectivity index (χ0v) is 14.4. The third-order valence-electron chi connectivity index (χ3n) is 4.36. The van der Waals surface area contributed by atoms with E-state index in [0.29, 0.717) is 12.5 Å². The predicted molar refractivity (Wildman–Crippen MR) is 101 cm³/mol. The van der Waals surface area contributed by atoms with Gasteiger partial charge in [0, 0.05) is 26.0 Å². The van der Waals surface area contributed by atoms with E-state index in [1.54, 1.807) is 6.20 Å². The van der Waals surface area contributed by atoms with Gasteiger partial charge >= 0.3 is 0 Å². The molecule has 0 aliphatic heterocycles. The SMILES string of the molecule is CN(C)c1cc(CN=C(N)Nc2cccc3c2CCCC3)ccn1. The fourth-order valence-electron chi connectivity index (χ4n) is 3.06. The molecule has 0 fully saturated rings. The van der Waals surface area contributed by atoms with E-state index < -0.39 is 0 Å². The Bertz CT molecular complexity index is 736. The minimum absolute atomic E-state index is 0.456. The van der Waals surface area contributed by atoms with Crippen molar-refractivity contribution < 1.29 is 0 Å². The number of rotatable bonds is 4. The van der Waals surface area contributed by atoms with Crippen molar-refractivity contribution >= 4 is 17.5 Å². The molecule has 0 unspecified atom stereocenters. The van der Waals surface area contributed by atoms with Crippen LogP contribution >= 0.6 is 0 Å². The molecule has 0 saturated heterocycles. The largest absolute Gasteiger partial charge is 0.370 e. The van der Waals surface area contributed by atoms with Crippen LogP contribution in [0.1, 0.15) is 29.5 Å². The van der Waals surface area contributed by atoms with Gasteiger partial charge in [-0.25, -0.2) is 9.98 Å². The molecule has 126 valence electrons. The van der Waals surface area contributed by atoms with Gasteiger partial charge in [0.25, 0.3) is 0 Å². The second-order valence-corrected chi connectivity index (χ2v) is 6.39. The lowest BCUT2D eigenvalue weighted by Crippen LogP contribution is -2.24. The Kier molecular flexibility index (Phi) is 4.99. The maximum atomic E-state index is 6.10. The molecule has 24 heavy (non-hydrogen) atoms. The zero-order valence-electron chi connectivity index (χ0n) is 14.4. The van der Waals surface area contributed by atoms with Crippen LogP contribution in [0.4, 0.5) is 11.5 Å². The molecule has 1 aromatic heterocycles. The van der Waals surface area contributed by atoms with Crippen LogP contribution in [0.5, 0.6) is 0 Å². The Balaban J connectivity index is 1.70. The molecule has 1 aliphatic rings. The van der Waals surface area contributed by atoms with Gasteiger partial charge in [-0.15, -0.1) is 0 Å². The average molecular weight is 323 g/mol. The first-order valence-electron chi connectivity index (χ1n) is 8.43. The maximum Gasteiger partial charge on any atom is 0.193 e. The monoisotopic (exact) mass is 323 g/mol.